The first-order chi connectivity index (χ1) is 9.58. The van der Waals surface area contributed by atoms with Crippen LogP contribution in [-0.2, 0) is 0 Å². The molecule has 106 valence electrons. The van der Waals surface area contributed by atoms with Crippen molar-refractivity contribution in [2.45, 2.75) is 26.8 Å². The first kappa shape index (κ1) is 14.3. The molecule has 4 heteroatoms. The zero-order chi connectivity index (χ0) is 14.7. The van der Waals surface area contributed by atoms with Crippen molar-refractivity contribution in [3.05, 3.63) is 36.0 Å². The van der Waals surface area contributed by atoms with Crippen LogP contribution in [0.25, 0.3) is 10.8 Å². The second kappa shape index (κ2) is 5.90. The number of amides is 1. The smallest absolute Gasteiger partial charge is 0.272 e. The molecule has 1 N–H and O–H groups in total. The van der Waals surface area contributed by atoms with Crippen molar-refractivity contribution in [1.82, 2.24) is 9.88 Å². The van der Waals surface area contributed by atoms with Crippen molar-refractivity contribution >= 4 is 22.5 Å². The van der Waals surface area contributed by atoms with E-state index in [0.717, 1.165) is 16.6 Å². The number of nitrogens with zero attached hydrogens (tertiary/aromatic N) is 2. The van der Waals surface area contributed by atoms with Crippen LogP contribution in [0.4, 0.5) is 5.82 Å². The van der Waals surface area contributed by atoms with Crippen molar-refractivity contribution < 1.29 is 4.79 Å². The van der Waals surface area contributed by atoms with Gasteiger partial charge in [-0.2, -0.15) is 0 Å². The van der Waals surface area contributed by atoms with E-state index in [9.17, 15) is 4.79 Å². The molecule has 0 spiro atoms. The zero-order valence-corrected chi connectivity index (χ0v) is 12.5. The van der Waals surface area contributed by atoms with Gasteiger partial charge in [0.15, 0.2) is 0 Å². The Labute approximate surface area is 119 Å². The molecule has 2 rings (SSSR count). The molecule has 4 nitrogen and oxygen atoms in total. The van der Waals surface area contributed by atoms with Gasteiger partial charge in [0.2, 0.25) is 0 Å². The van der Waals surface area contributed by atoms with E-state index < -0.39 is 0 Å². The predicted octanol–water partition coefficient (Wildman–Crippen LogP) is 3.15. The Kier molecular flexibility index (Phi) is 4.23. The van der Waals surface area contributed by atoms with Crippen LogP contribution in [0.2, 0.25) is 0 Å². The first-order valence-electron chi connectivity index (χ1n) is 6.97. The van der Waals surface area contributed by atoms with E-state index in [-0.39, 0.29) is 11.9 Å². The molecule has 0 fully saturated rings. The van der Waals surface area contributed by atoms with Crippen LogP contribution in [-0.4, -0.2) is 35.4 Å². The zero-order valence-electron chi connectivity index (χ0n) is 12.5. The lowest BCUT2D eigenvalue weighted by molar-refractivity contribution is 0.0711. The van der Waals surface area contributed by atoms with Crippen LogP contribution in [0.5, 0.6) is 0 Å². The number of hydrogen-bond donors (Lipinski definition) is 1. The summed E-state index contributed by atoms with van der Waals surface area (Å²) in [5.41, 5.74) is 0.489. The molecule has 0 atom stereocenters. The summed E-state index contributed by atoms with van der Waals surface area (Å²) in [7, 11) is 1.82. The van der Waals surface area contributed by atoms with Crippen LogP contribution in [0.15, 0.2) is 30.3 Å². The molecular formula is C16H21N3O. The number of fused-ring (bicyclic) bond motifs is 1. The van der Waals surface area contributed by atoms with E-state index >= 15 is 0 Å². The van der Waals surface area contributed by atoms with Crippen molar-refractivity contribution in [3.63, 3.8) is 0 Å². The third-order valence-corrected chi connectivity index (χ3v) is 3.42. The van der Waals surface area contributed by atoms with Gasteiger partial charge in [-0.05, 0) is 32.2 Å². The van der Waals surface area contributed by atoms with Gasteiger partial charge < -0.3 is 10.2 Å². The van der Waals surface area contributed by atoms with E-state index in [4.69, 9.17) is 0 Å². The van der Waals surface area contributed by atoms with E-state index in [0.29, 0.717) is 12.2 Å². The molecule has 1 heterocycles. The van der Waals surface area contributed by atoms with E-state index in [1.807, 2.05) is 63.1 Å². The third-order valence-electron chi connectivity index (χ3n) is 3.42. The summed E-state index contributed by atoms with van der Waals surface area (Å²) in [6.45, 7) is 6.70. The van der Waals surface area contributed by atoms with Crippen molar-refractivity contribution in [3.8, 4) is 0 Å². The number of hydrogen-bond acceptors (Lipinski definition) is 3. The Morgan fingerprint density at radius 2 is 2.05 bits per heavy atom. The SMILES string of the molecule is CCN(C(=O)c1cc2ccccc2c(NC)n1)C(C)C. The van der Waals surface area contributed by atoms with Crippen LogP contribution < -0.4 is 5.32 Å². The highest BCUT2D eigenvalue weighted by Gasteiger charge is 2.19. The van der Waals surface area contributed by atoms with Gasteiger partial charge in [-0.3, -0.25) is 4.79 Å². The summed E-state index contributed by atoms with van der Waals surface area (Å²) in [5.74, 6) is 0.719. The Bertz CT molecular complexity index is 622. The molecule has 0 radical (unpaired) electrons. The molecule has 1 aromatic heterocycles. The second-order valence-electron chi connectivity index (χ2n) is 5.01. The normalized spacial score (nSPS) is 10.8. The van der Waals surface area contributed by atoms with Gasteiger partial charge in [-0.1, -0.05) is 24.3 Å². The third kappa shape index (κ3) is 2.59. The fourth-order valence-corrected chi connectivity index (χ4v) is 2.39. The number of pyridine rings is 1. The summed E-state index contributed by atoms with van der Waals surface area (Å²) in [6, 6.07) is 9.97. The highest BCUT2D eigenvalue weighted by Crippen LogP contribution is 2.23. The molecule has 2 aromatic rings. The van der Waals surface area contributed by atoms with Crippen molar-refractivity contribution in [2.75, 3.05) is 18.9 Å². The van der Waals surface area contributed by atoms with Crippen LogP contribution in [0.3, 0.4) is 0 Å². The number of anilines is 1. The summed E-state index contributed by atoms with van der Waals surface area (Å²) in [6.07, 6.45) is 0. The lowest BCUT2D eigenvalue weighted by atomic mass is 10.1. The maximum atomic E-state index is 12.6. The number of carbonyl (C=O) groups is 1. The van der Waals surface area contributed by atoms with Crippen molar-refractivity contribution in [2.24, 2.45) is 0 Å². The summed E-state index contributed by atoms with van der Waals surface area (Å²) >= 11 is 0. The van der Waals surface area contributed by atoms with Gasteiger partial charge in [0.05, 0.1) is 0 Å². The van der Waals surface area contributed by atoms with Gasteiger partial charge in [-0.25, -0.2) is 4.98 Å². The highest BCUT2D eigenvalue weighted by molar-refractivity contribution is 6.00. The number of carbonyl (C=O) groups excluding carboxylic acids is 1. The number of benzene rings is 1. The van der Waals surface area contributed by atoms with Crippen LogP contribution >= 0.6 is 0 Å². The fourth-order valence-electron chi connectivity index (χ4n) is 2.39. The van der Waals surface area contributed by atoms with Crippen molar-refractivity contribution in [1.29, 1.82) is 0 Å². The number of nitrogens with one attached hydrogen (secondary N) is 1. The monoisotopic (exact) mass is 271 g/mol. The average molecular weight is 271 g/mol. The van der Waals surface area contributed by atoms with E-state index in [1.54, 1.807) is 0 Å². The molecule has 0 bridgehead atoms. The maximum absolute atomic E-state index is 12.6. The molecular weight excluding hydrogens is 250 g/mol. The van der Waals surface area contributed by atoms with Gasteiger partial charge in [0.25, 0.3) is 5.91 Å². The topological polar surface area (TPSA) is 45.2 Å². The Hall–Kier alpha value is -2.10. The Morgan fingerprint density at radius 1 is 1.35 bits per heavy atom. The number of aromatic nitrogens is 1. The van der Waals surface area contributed by atoms with E-state index in [1.165, 1.54) is 0 Å². The lowest BCUT2D eigenvalue weighted by Gasteiger charge is -2.25. The summed E-state index contributed by atoms with van der Waals surface area (Å²) < 4.78 is 0. The quantitative estimate of drug-likeness (QED) is 0.929. The molecule has 20 heavy (non-hydrogen) atoms. The second-order valence-corrected chi connectivity index (χ2v) is 5.01. The molecule has 0 aliphatic heterocycles. The minimum absolute atomic E-state index is 0.0234. The van der Waals surface area contributed by atoms with Gasteiger partial charge in [0.1, 0.15) is 11.5 Å². The van der Waals surface area contributed by atoms with Gasteiger partial charge in [-0.15, -0.1) is 0 Å². The standard InChI is InChI=1S/C16H21N3O/c1-5-19(11(2)3)16(20)14-10-12-8-6-7-9-13(12)15(17-4)18-14/h6-11H,5H2,1-4H3,(H,17,18). The number of rotatable bonds is 4. The minimum atomic E-state index is -0.0234. The lowest BCUT2D eigenvalue weighted by Crippen LogP contribution is -2.37. The average Bonchev–Trinajstić information content (AvgIpc) is 2.46. The van der Waals surface area contributed by atoms with Crippen LogP contribution in [0.1, 0.15) is 31.3 Å². The molecule has 1 aromatic carbocycles. The Balaban J connectivity index is 2.52. The fraction of sp³-hybridized carbons (Fsp3) is 0.375. The molecule has 0 aliphatic carbocycles. The largest absolute Gasteiger partial charge is 0.373 e. The summed E-state index contributed by atoms with van der Waals surface area (Å²) in [4.78, 5) is 18.8. The van der Waals surface area contributed by atoms with Crippen LogP contribution in [0, 0.1) is 0 Å². The van der Waals surface area contributed by atoms with E-state index in [2.05, 4.69) is 10.3 Å². The summed E-state index contributed by atoms with van der Waals surface area (Å²) in [5, 5.41) is 5.12. The predicted molar refractivity (Wildman–Crippen MR) is 83.1 cm³/mol. The van der Waals surface area contributed by atoms with Gasteiger partial charge in [0, 0.05) is 25.0 Å². The minimum Gasteiger partial charge on any atom is -0.373 e. The van der Waals surface area contributed by atoms with Gasteiger partial charge >= 0.3 is 0 Å². The maximum Gasteiger partial charge on any atom is 0.272 e. The molecule has 0 saturated heterocycles. The molecule has 0 saturated carbocycles. The Morgan fingerprint density at radius 3 is 2.65 bits per heavy atom. The molecule has 1 amide bonds. The molecule has 0 unspecified atom stereocenters. The molecule has 0 aliphatic rings. The highest BCUT2D eigenvalue weighted by atomic mass is 16.2. The first-order valence-corrected chi connectivity index (χ1v) is 6.97.